The lowest BCUT2D eigenvalue weighted by molar-refractivity contribution is 0.564. The molecule has 0 saturated carbocycles. The highest BCUT2D eigenvalue weighted by Gasteiger charge is 2.28. The second kappa shape index (κ2) is 32.1. The zero-order valence-electron chi connectivity index (χ0n) is 76.2. The standard InChI is InChI=1S/C22H21N.2C22H30.C19H24.C13H20/c1-22(2,3)16-13-14-19-18-11-7-8-12-20(18)23(21(19)15-16)17-9-5-4-6-10-17;2*1-15(2)19-13-18(17-11-9-8-10-12-17)14-20(16(3)4)21(19)22(5,6)7;1-13-7-9-17(14(2)11-13)16-8-10-18(15(3)12-16)19(4,5)6;1-9-7-10(2)12(11(3)8-9)13(4,5)6/h4-15H,1-3H3;2*8-16H,1-7H3;7-12H,1-6H3;7-8H,1-6H3/i;15D,16D;;2D3,3D3;1D3. The minimum absolute atomic E-state index is 0.0570. The molecule has 1 heteroatoms. The average molecular weight is 1330 g/mol. The Labute approximate surface area is 618 Å². The zero-order chi connectivity index (χ0) is 82.8. The van der Waals surface area contributed by atoms with Crippen LogP contribution in [0.5, 0.6) is 0 Å². The second-order valence-electron chi connectivity index (χ2n) is 33.5. The Hall–Kier alpha value is -8.00. The predicted octanol–water partition coefficient (Wildman–Crippen LogP) is 29.4. The third-order valence-corrected chi connectivity index (χ3v) is 18.5. The molecule has 1 aromatic heterocycles. The molecule has 11 aromatic rings. The SMILES string of the molecule is CC(C)(C)c1ccc2c3ccccc3n(-c3ccccc3)c2c1.CC(C)c1cc(-c2ccccc2)cc(C(C)C)c1C(C)(C)C.[2H]C(C)(C)c1cc(-c2ccccc2)cc(C([2H])(C)C)c1C(C)(C)C.[2H]C([2H])([2H])c1cc(C)c(C(C)(C)C)c(C)c1.[2H]C([2H])([2H])c1cc(C)ccc1-c1ccc(C(C)(C)C)c(C([2H])([2H])[2H])c1. The molecule has 0 radical (unpaired) electrons. The summed E-state index contributed by atoms with van der Waals surface area (Å²) in [5, 5.41) is 2.63. The minimum atomic E-state index is -2.26. The van der Waals surface area contributed by atoms with Gasteiger partial charge in [0.05, 0.1) is 11.0 Å². The first-order valence-electron chi connectivity index (χ1n) is 41.3. The van der Waals surface area contributed by atoms with E-state index in [1.54, 1.807) is 36.4 Å². The summed E-state index contributed by atoms with van der Waals surface area (Å²) in [5.41, 5.74) is 24.8. The normalized spacial score (nSPS) is 14.3. The lowest BCUT2D eigenvalue weighted by atomic mass is 9.74. The molecule has 0 N–H and O–H groups in total. The van der Waals surface area contributed by atoms with E-state index in [4.69, 9.17) is 15.1 Å². The molecule has 1 nitrogen and oxygen atoms in total. The van der Waals surface area contributed by atoms with E-state index in [9.17, 15) is 0 Å². The average Bonchev–Trinajstić information content (AvgIpc) is 1.52. The lowest BCUT2D eigenvalue weighted by Gasteiger charge is -2.30. The van der Waals surface area contributed by atoms with E-state index < -0.39 is 32.3 Å². The van der Waals surface area contributed by atoms with Crippen LogP contribution in [0.4, 0.5) is 0 Å². The fourth-order valence-corrected chi connectivity index (χ4v) is 14.0. The Bertz CT molecular complexity index is 4850. The highest BCUT2D eigenvalue weighted by atomic mass is 15.0. The number of aryl methyl sites for hydroxylation is 6. The van der Waals surface area contributed by atoms with Gasteiger partial charge >= 0.3 is 0 Å². The Morgan fingerprint density at radius 1 is 0.313 bits per heavy atom. The van der Waals surface area contributed by atoms with Gasteiger partial charge in [-0.05, 0) is 222 Å². The number of hydrogen-bond acceptors (Lipinski definition) is 0. The molecule has 0 amide bonds. The zero-order valence-corrected chi connectivity index (χ0v) is 65.2. The third kappa shape index (κ3) is 19.7. The van der Waals surface area contributed by atoms with Gasteiger partial charge in [-0.25, -0.2) is 0 Å². The summed E-state index contributed by atoms with van der Waals surface area (Å²) in [7, 11) is 0. The van der Waals surface area contributed by atoms with Crippen LogP contribution in [0, 0.1) is 41.3 Å². The second-order valence-corrected chi connectivity index (χ2v) is 33.5. The fraction of sp³-hybridized carbons (Fsp3) is 0.388. The van der Waals surface area contributed by atoms with Gasteiger partial charge in [0.1, 0.15) is 0 Å². The van der Waals surface area contributed by atoms with Gasteiger partial charge in [-0.3, -0.25) is 0 Å². The Morgan fingerprint density at radius 2 is 0.747 bits per heavy atom. The molecule has 10 aromatic carbocycles. The quantitative estimate of drug-likeness (QED) is 0.143. The largest absolute Gasteiger partial charge is 0.309 e. The van der Waals surface area contributed by atoms with Crippen molar-refractivity contribution >= 4 is 21.8 Å². The molecule has 0 unspecified atom stereocenters. The van der Waals surface area contributed by atoms with Crippen molar-refractivity contribution in [3.8, 4) is 39.1 Å². The van der Waals surface area contributed by atoms with Gasteiger partial charge < -0.3 is 4.57 Å². The molecule has 99 heavy (non-hydrogen) atoms. The summed E-state index contributed by atoms with van der Waals surface area (Å²) >= 11 is 0. The topological polar surface area (TPSA) is 4.93 Å². The van der Waals surface area contributed by atoms with Crippen LogP contribution in [0.2, 0.25) is 0 Å². The molecule has 0 spiro atoms. The Morgan fingerprint density at radius 3 is 1.18 bits per heavy atom. The van der Waals surface area contributed by atoms with E-state index in [1.165, 1.54) is 66.4 Å². The van der Waals surface area contributed by atoms with Crippen molar-refractivity contribution in [3.63, 3.8) is 0 Å². The van der Waals surface area contributed by atoms with Crippen molar-refractivity contribution in [2.45, 2.75) is 251 Å². The lowest BCUT2D eigenvalue weighted by Crippen LogP contribution is -2.19. The number of rotatable bonds is 8. The van der Waals surface area contributed by atoms with Crippen molar-refractivity contribution in [2.75, 3.05) is 0 Å². The highest BCUT2D eigenvalue weighted by Crippen LogP contribution is 2.43. The molecular weight excluding hydrogens is 1190 g/mol. The van der Waals surface area contributed by atoms with E-state index in [-0.39, 0.29) is 38.2 Å². The van der Waals surface area contributed by atoms with Crippen LogP contribution in [0.15, 0.2) is 206 Å². The van der Waals surface area contributed by atoms with Crippen LogP contribution in [0.25, 0.3) is 60.9 Å². The first-order valence-corrected chi connectivity index (χ1v) is 35.8. The smallest absolute Gasteiger partial charge is 0.0544 e. The van der Waals surface area contributed by atoms with Crippen molar-refractivity contribution in [3.05, 3.63) is 290 Å². The molecule has 0 atom stereocenters. The molecule has 0 saturated heterocycles. The van der Waals surface area contributed by atoms with E-state index in [1.807, 2.05) is 99.6 Å². The van der Waals surface area contributed by atoms with Crippen molar-refractivity contribution < 1.29 is 15.1 Å². The van der Waals surface area contributed by atoms with Crippen molar-refractivity contribution in [1.82, 2.24) is 4.57 Å². The molecular formula is C98H125N. The van der Waals surface area contributed by atoms with Gasteiger partial charge in [0, 0.05) is 31.5 Å². The third-order valence-electron chi connectivity index (χ3n) is 18.5. The molecule has 0 aliphatic rings. The van der Waals surface area contributed by atoms with Gasteiger partial charge in [-0.15, -0.1) is 0 Å². The van der Waals surface area contributed by atoms with Crippen LogP contribution >= 0.6 is 0 Å². The Kier molecular flexibility index (Phi) is 20.5. The van der Waals surface area contributed by atoms with E-state index in [0.717, 1.165) is 50.1 Å². The molecule has 0 bridgehead atoms. The van der Waals surface area contributed by atoms with Crippen LogP contribution in [-0.4, -0.2) is 4.57 Å². The van der Waals surface area contributed by atoms with E-state index in [2.05, 4.69) is 255 Å². The number of para-hydroxylation sites is 2. The highest BCUT2D eigenvalue weighted by molar-refractivity contribution is 6.09. The van der Waals surface area contributed by atoms with Crippen LogP contribution in [0.3, 0.4) is 0 Å². The van der Waals surface area contributed by atoms with Gasteiger partial charge in [0.15, 0.2) is 0 Å². The molecule has 11 rings (SSSR count). The molecule has 522 valence electrons. The molecule has 0 aliphatic heterocycles. The van der Waals surface area contributed by atoms with Gasteiger partial charge in [-0.2, -0.15) is 0 Å². The number of fused-ring (bicyclic) bond motifs is 3. The van der Waals surface area contributed by atoms with E-state index in [0.29, 0.717) is 28.5 Å². The maximum absolute atomic E-state index is 8.69. The number of aromatic nitrogens is 1. The molecule has 0 fully saturated rings. The summed E-state index contributed by atoms with van der Waals surface area (Å²) in [4.78, 5) is 0. The van der Waals surface area contributed by atoms with Crippen LogP contribution in [0.1, 0.15) is 281 Å². The van der Waals surface area contributed by atoms with Crippen molar-refractivity contribution in [2.24, 2.45) is 0 Å². The maximum atomic E-state index is 8.69. The summed E-state index contributed by atoms with van der Waals surface area (Å²) < 4.78 is 89.1. The number of nitrogens with zero attached hydrogens (tertiary/aromatic N) is 1. The number of hydrogen-bond donors (Lipinski definition) is 0. The number of benzene rings is 10. The fourth-order valence-electron chi connectivity index (χ4n) is 14.0. The predicted molar refractivity (Wildman–Crippen MR) is 441 cm³/mol. The van der Waals surface area contributed by atoms with Crippen molar-refractivity contribution in [1.29, 1.82) is 0 Å². The minimum Gasteiger partial charge on any atom is -0.309 e. The monoisotopic (exact) mass is 1330 g/mol. The van der Waals surface area contributed by atoms with Crippen LogP contribution < -0.4 is 0 Å². The van der Waals surface area contributed by atoms with Gasteiger partial charge in [0.25, 0.3) is 0 Å². The summed E-state index contributed by atoms with van der Waals surface area (Å²) in [5.74, 6) is -0.355. The van der Waals surface area contributed by atoms with Gasteiger partial charge in [0.2, 0.25) is 0 Å². The summed E-state index contributed by atoms with van der Waals surface area (Å²) in [6.07, 6.45) is 0. The van der Waals surface area contributed by atoms with Gasteiger partial charge in [-0.1, -0.05) is 352 Å². The first-order chi connectivity index (χ1) is 50.3. The maximum Gasteiger partial charge on any atom is 0.0544 e. The molecule has 1 heterocycles. The van der Waals surface area contributed by atoms with E-state index >= 15 is 0 Å². The first kappa shape index (κ1) is 63.2. The summed E-state index contributed by atoms with van der Waals surface area (Å²) in [6, 6.07) is 70.4. The molecule has 0 aliphatic carbocycles. The van der Waals surface area contributed by atoms with Crippen LogP contribution in [-0.2, 0) is 27.1 Å². The Balaban J connectivity index is 0.000000192. The summed E-state index contributed by atoms with van der Waals surface area (Å²) in [6.45, 7) is 49.0.